The van der Waals surface area contributed by atoms with Gasteiger partial charge in [0, 0.05) is 18.7 Å². The van der Waals surface area contributed by atoms with E-state index in [9.17, 15) is 9.18 Å². The number of amides is 1. The molecule has 0 bridgehead atoms. The third-order valence-electron chi connectivity index (χ3n) is 2.65. The van der Waals surface area contributed by atoms with Crippen molar-refractivity contribution in [3.63, 3.8) is 0 Å². The Kier molecular flexibility index (Phi) is 4.96. The maximum Gasteiger partial charge on any atom is 0.226 e. The zero-order valence-corrected chi connectivity index (χ0v) is 11.5. The number of carbonyl (C=O) groups excluding carboxylic acids is 1. The van der Waals surface area contributed by atoms with Crippen LogP contribution in [-0.2, 0) is 4.79 Å². The molecule has 0 aliphatic heterocycles. The lowest BCUT2D eigenvalue weighted by atomic mass is 10.3. The molecule has 2 aromatic carbocycles. The molecule has 0 heterocycles. The lowest BCUT2D eigenvalue weighted by Crippen LogP contribution is -2.16. The van der Waals surface area contributed by atoms with Crippen molar-refractivity contribution in [2.75, 3.05) is 17.2 Å². The number of nitrogens with one attached hydrogen (secondary N) is 2. The number of anilines is 2. The average molecular weight is 293 g/mol. The topological polar surface area (TPSA) is 41.1 Å². The fourth-order valence-corrected chi connectivity index (χ4v) is 1.91. The third-order valence-corrected chi connectivity index (χ3v) is 2.98. The molecule has 5 heteroatoms. The van der Waals surface area contributed by atoms with Crippen molar-refractivity contribution in [1.82, 2.24) is 0 Å². The second-order valence-electron chi connectivity index (χ2n) is 4.22. The number of rotatable bonds is 5. The van der Waals surface area contributed by atoms with Gasteiger partial charge in [0.2, 0.25) is 5.91 Å². The first-order chi connectivity index (χ1) is 9.65. The van der Waals surface area contributed by atoms with Crippen molar-refractivity contribution < 1.29 is 9.18 Å². The number of hydrogen-bond acceptors (Lipinski definition) is 2. The van der Waals surface area contributed by atoms with Crippen LogP contribution in [0.5, 0.6) is 0 Å². The molecule has 0 saturated heterocycles. The van der Waals surface area contributed by atoms with E-state index in [4.69, 9.17) is 11.6 Å². The summed E-state index contributed by atoms with van der Waals surface area (Å²) in [6.45, 7) is 0.449. The normalized spacial score (nSPS) is 10.1. The Morgan fingerprint density at radius 3 is 2.70 bits per heavy atom. The van der Waals surface area contributed by atoms with Crippen molar-refractivity contribution in [2.24, 2.45) is 0 Å². The minimum absolute atomic E-state index is 0.185. The van der Waals surface area contributed by atoms with Gasteiger partial charge in [-0.1, -0.05) is 29.8 Å². The molecule has 104 valence electrons. The summed E-state index contributed by atoms with van der Waals surface area (Å²) in [4.78, 5) is 11.7. The van der Waals surface area contributed by atoms with Crippen molar-refractivity contribution in [2.45, 2.75) is 6.42 Å². The monoisotopic (exact) mass is 292 g/mol. The smallest absolute Gasteiger partial charge is 0.226 e. The van der Waals surface area contributed by atoms with E-state index < -0.39 is 0 Å². The minimum Gasteiger partial charge on any atom is -0.383 e. The molecular formula is C15H14ClFN2O. The van der Waals surface area contributed by atoms with Crippen molar-refractivity contribution in [3.05, 3.63) is 59.4 Å². The van der Waals surface area contributed by atoms with E-state index in [2.05, 4.69) is 10.6 Å². The predicted molar refractivity (Wildman–Crippen MR) is 79.6 cm³/mol. The number of benzene rings is 2. The first-order valence-electron chi connectivity index (χ1n) is 6.19. The van der Waals surface area contributed by atoms with Crippen molar-refractivity contribution in [1.29, 1.82) is 0 Å². The first kappa shape index (κ1) is 14.3. The van der Waals surface area contributed by atoms with Gasteiger partial charge in [0.15, 0.2) is 0 Å². The largest absolute Gasteiger partial charge is 0.383 e. The summed E-state index contributed by atoms with van der Waals surface area (Å²) in [5, 5.41) is 6.32. The fraction of sp³-hybridized carbons (Fsp3) is 0.133. The van der Waals surface area contributed by atoms with Crippen molar-refractivity contribution >= 4 is 28.9 Å². The van der Waals surface area contributed by atoms with E-state index in [1.54, 1.807) is 18.2 Å². The molecule has 0 radical (unpaired) electrons. The van der Waals surface area contributed by atoms with Crippen LogP contribution in [0.2, 0.25) is 5.02 Å². The van der Waals surface area contributed by atoms with Gasteiger partial charge in [-0.25, -0.2) is 4.39 Å². The zero-order valence-electron chi connectivity index (χ0n) is 10.7. The Morgan fingerprint density at radius 1 is 1.15 bits per heavy atom. The molecule has 0 aliphatic carbocycles. The summed E-state index contributed by atoms with van der Waals surface area (Å²) in [5.74, 6) is -0.563. The molecule has 0 atom stereocenters. The molecule has 2 N–H and O–H groups in total. The van der Waals surface area contributed by atoms with E-state index in [-0.39, 0.29) is 18.1 Å². The standard InChI is InChI=1S/C15H14ClFN2O/c16-13-6-1-2-7-14(13)18-9-8-15(20)19-12-5-3-4-11(17)10-12/h1-7,10,18H,8-9H2,(H,19,20). The summed E-state index contributed by atoms with van der Waals surface area (Å²) >= 11 is 5.98. The molecule has 0 aromatic heterocycles. The van der Waals surface area contributed by atoms with Crippen LogP contribution in [0.1, 0.15) is 6.42 Å². The summed E-state index contributed by atoms with van der Waals surface area (Å²) in [7, 11) is 0. The fourth-order valence-electron chi connectivity index (χ4n) is 1.70. The van der Waals surface area contributed by atoms with E-state index in [1.807, 2.05) is 18.2 Å². The van der Waals surface area contributed by atoms with Crippen LogP contribution in [0, 0.1) is 5.82 Å². The van der Waals surface area contributed by atoms with Gasteiger partial charge in [-0.15, -0.1) is 0 Å². The number of hydrogen-bond donors (Lipinski definition) is 2. The van der Waals surface area contributed by atoms with Crippen molar-refractivity contribution in [3.8, 4) is 0 Å². The van der Waals surface area contributed by atoms with Gasteiger partial charge in [0.25, 0.3) is 0 Å². The summed E-state index contributed by atoms with van der Waals surface area (Å²) in [6.07, 6.45) is 0.266. The highest BCUT2D eigenvalue weighted by molar-refractivity contribution is 6.33. The number of para-hydroxylation sites is 1. The van der Waals surface area contributed by atoms with Gasteiger partial charge in [-0.3, -0.25) is 4.79 Å². The highest BCUT2D eigenvalue weighted by Gasteiger charge is 2.04. The molecular weight excluding hydrogens is 279 g/mol. The molecule has 0 spiro atoms. The van der Waals surface area contributed by atoms with Crippen LogP contribution < -0.4 is 10.6 Å². The molecule has 20 heavy (non-hydrogen) atoms. The lowest BCUT2D eigenvalue weighted by Gasteiger charge is -2.08. The van der Waals surface area contributed by atoms with Gasteiger partial charge in [-0.05, 0) is 30.3 Å². The second kappa shape index (κ2) is 6.91. The number of halogens is 2. The Labute approximate surface area is 121 Å². The molecule has 2 rings (SSSR count). The van der Waals surface area contributed by atoms with Gasteiger partial charge in [-0.2, -0.15) is 0 Å². The predicted octanol–water partition coefficient (Wildman–Crippen LogP) is 3.92. The molecule has 0 fully saturated rings. The summed E-state index contributed by atoms with van der Waals surface area (Å²) in [6, 6.07) is 13.1. The highest BCUT2D eigenvalue weighted by atomic mass is 35.5. The summed E-state index contributed by atoms with van der Waals surface area (Å²) in [5.41, 5.74) is 1.24. The minimum atomic E-state index is -0.378. The SMILES string of the molecule is O=C(CCNc1ccccc1Cl)Nc1cccc(F)c1. The average Bonchev–Trinajstić information content (AvgIpc) is 2.41. The highest BCUT2D eigenvalue weighted by Crippen LogP contribution is 2.20. The lowest BCUT2D eigenvalue weighted by molar-refractivity contribution is -0.115. The molecule has 0 aliphatic rings. The van der Waals surface area contributed by atoms with Gasteiger partial charge in [0.1, 0.15) is 5.82 Å². The van der Waals surface area contributed by atoms with E-state index in [1.165, 1.54) is 12.1 Å². The number of carbonyl (C=O) groups is 1. The second-order valence-corrected chi connectivity index (χ2v) is 4.62. The molecule has 1 amide bonds. The van der Waals surface area contributed by atoms with Crippen LogP contribution in [0.15, 0.2) is 48.5 Å². The van der Waals surface area contributed by atoms with Crippen LogP contribution in [0.3, 0.4) is 0 Å². The van der Waals surface area contributed by atoms with Crippen LogP contribution in [-0.4, -0.2) is 12.5 Å². The van der Waals surface area contributed by atoms with Crippen LogP contribution >= 0.6 is 11.6 Å². The van der Waals surface area contributed by atoms with Crippen LogP contribution in [0.4, 0.5) is 15.8 Å². The zero-order chi connectivity index (χ0) is 14.4. The molecule has 3 nitrogen and oxygen atoms in total. The van der Waals surface area contributed by atoms with E-state index in [0.29, 0.717) is 17.3 Å². The molecule has 0 saturated carbocycles. The van der Waals surface area contributed by atoms with E-state index in [0.717, 1.165) is 5.69 Å². The Hall–Kier alpha value is -2.07. The van der Waals surface area contributed by atoms with Gasteiger partial charge >= 0.3 is 0 Å². The molecule has 2 aromatic rings. The Bertz CT molecular complexity index is 604. The third kappa shape index (κ3) is 4.24. The molecule has 0 unspecified atom stereocenters. The van der Waals surface area contributed by atoms with Gasteiger partial charge < -0.3 is 10.6 Å². The van der Waals surface area contributed by atoms with Crippen LogP contribution in [0.25, 0.3) is 0 Å². The Balaban J connectivity index is 1.80. The first-order valence-corrected chi connectivity index (χ1v) is 6.57. The van der Waals surface area contributed by atoms with Gasteiger partial charge in [0.05, 0.1) is 10.7 Å². The maximum absolute atomic E-state index is 13.0. The maximum atomic E-state index is 13.0. The van der Waals surface area contributed by atoms with E-state index >= 15 is 0 Å². The summed E-state index contributed by atoms with van der Waals surface area (Å²) < 4.78 is 13.0. The quantitative estimate of drug-likeness (QED) is 0.877. The Morgan fingerprint density at radius 2 is 1.95 bits per heavy atom.